The van der Waals surface area contributed by atoms with Gasteiger partial charge in [0.05, 0.1) is 18.3 Å². The summed E-state index contributed by atoms with van der Waals surface area (Å²) in [6.45, 7) is 6.45. The second-order valence-corrected chi connectivity index (χ2v) is 4.68. The van der Waals surface area contributed by atoms with Gasteiger partial charge in [-0.2, -0.15) is 10.7 Å². The number of hydroxylamine groups is 1. The summed E-state index contributed by atoms with van der Waals surface area (Å²) < 4.78 is 5.08. The van der Waals surface area contributed by atoms with E-state index in [0.29, 0.717) is 17.9 Å². The molecule has 0 atom stereocenters. The molecular formula is C13H18N2O2. The maximum absolute atomic E-state index is 8.95. The third-order valence-electron chi connectivity index (χ3n) is 2.04. The van der Waals surface area contributed by atoms with E-state index in [1.807, 2.05) is 26.8 Å². The molecule has 4 nitrogen and oxygen atoms in total. The van der Waals surface area contributed by atoms with Crippen molar-refractivity contribution in [2.45, 2.75) is 32.9 Å². The lowest BCUT2D eigenvalue weighted by Gasteiger charge is -2.19. The van der Waals surface area contributed by atoms with Crippen molar-refractivity contribution < 1.29 is 9.57 Å². The van der Waals surface area contributed by atoms with Crippen molar-refractivity contribution >= 4 is 0 Å². The predicted molar refractivity (Wildman–Crippen MR) is 65.4 cm³/mol. The van der Waals surface area contributed by atoms with Gasteiger partial charge in [-0.1, -0.05) is 6.07 Å². The molecule has 0 aromatic heterocycles. The zero-order chi connectivity index (χ0) is 12.9. The van der Waals surface area contributed by atoms with Gasteiger partial charge in [-0.3, -0.25) is 4.84 Å². The Labute approximate surface area is 102 Å². The van der Waals surface area contributed by atoms with Gasteiger partial charge in [-0.25, -0.2) is 0 Å². The van der Waals surface area contributed by atoms with Gasteiger partial charge in [0.2, 0.25) is 0 Å². The van der Waals surface area contributed by atoms with Crippen LogP contribution < -0.4 is 10.2 Å². The Morgan fingerprint density at radius 3 is 2.59 bits per heavy atom. The lowest BCUT2D eigenvalue weighted by Crippen LogP contribution is -2.28. The van der Waals surface area contributed by atoms with Crippen LogP contribution in [0.4, 0.5) is 0 Å². The highest BCUT2D eigenvalue weighted by Gasteiger charge is 2.10. The Kier molecular flexibility index (Phi) is 4.50. The van der Waals surface area contributed by atoms with Crippen LogP contribution in [0.15, 0.2) is 18.2 Å². The van der Waals surface area contributed by atoms with Crippen LogP contribution in [-0.2, 0) is 11.4 Å². The van der Waals surface area contributed by atoms with Gasteiger partial charge in [0.15, 0.2) is 0 Å². The van der Waals surface area contributed by atoms with Crippen molar-refractivity contribution in [3.63, 3.8) is 0 Å². The zero-order valence-electron chi connectivity index (χ0n) is 10.7. The average Bonchev–Trinajstić information content (AvgIpc) is 2.27. The molecule has 0 radical (unpaired) electrons. The third-order valence-corrected chi connectivity index (χ3v) is 2.04. The number of nitrogens with one attached hydrogen (secondary N) is 1. The van der Waals surface area contributed by atoms with Crippen LogP contribution >= 0.6 is 0 Å². The molecule has 1 aromatic carbocycles. The quantitative estimate of drug-likeness (QED) is 0.813. The van der Waals surface area contributed by atoms with Crippen LogP contribution in [0.1, 0.15) is 31.9 Å². The first-order valence-electron chi connectivity index (χ1n) is 5.44. The van der Waals surface area contributed by atoms with Crippen LogP contribution in [-0.4, -0.2) is 12.7 Å². The average molecular weight is 234 g/mol. The molecule has 4 heteroatoms. The highest BCUT2D eigenvalue weighted by molar-refractivity contribution is 5.45. The van der Waals surface area contributed by atoms with Gasteiger partial charge in [-0.05, 0) is 38.5 Å². The molecule has 0 bridgehead atoms. The molecule has 0 saturated carbocycles. The Hall–Kier alpha value is -1.57. The van der Waals surface area contributed by atoms with Crippen molar-refractivity contribution in [3.8, 4) is 11.8 Å². The maximum Gasteiger partial charge on any atom is 0.136 e. The monoisotopic (exact) mass is 234 g/mol. The first-order valence-corrected chi connectivity index (χ1v) is 5.44. The minimum Gasteiger partial charge on any atom is -0.495 e. The molecule has 0 saturated heterocycles. The molecule has 1 rings (SSSR count). The highest BCUT2D eigenvalue weighted by atomic mass is 16.7. The van der Waals surface area contributed by atoms with Gasteiger partial charge >= 0.3 is 0 Å². The van der Waals surface area contributed by atoms with E-state index < -0.39 is 0 Å². The van der Waals surface area contributed by atoms with Crippen LogP contribution in [0.5, 0.6) is 5.75 Å². The van der Waals surface area contributed by atoms with Gasteiger partial charge in [0, 0.05) is 6.54 Å². The van der Waals surface area contributed by atoms with Crippen molar-refractivity contribution in [3.05, 3.63) is 29.3 Å². The summed E-state index contributed by atoms with van der Waals surface area (Å²) in [7, 11) is 1.55. The molecule has 0 aliphatic carbocycles. The van der Waals surface area contributed by atoms with E-state index in [-0.39, 0.29) is 5.60 Å². The van der Waals surface area contributed by atoms with Crippen molar-refractivity contribution in [2.75, 3.05) is 7.11 Å². The minimum absolute atomic E-state index is 0.232. The standard InChI is InChI=1S/C13H18N2O2/c1-13(2,3)17-15-9-10-5-6-12(16-4)11(7-10)8-14/h5-7,15H,9H2,1-4H3. The van der Waals surface area contributed by atoms with Crippen molar-refractivity contribution in [1.82, 2.24) is 5.48 Å². The molecule has 0 aliphatic heterocycles. The summed E-state index contributed by atoms with van der Waals surface area (Å²) in [5, 5.41) is 8.95. The van der Waals surface area contributed by atoms with Crippen molar-refractivity contribution in [2.24, 2.45) is 0 Å². The second kappa shape index (κ2) is 5.67. The lowest BCUT2D eigenvalue weighted by atomic mass is 10.1. The van der Waals surface area contributed by atoms with E-state index in [1.54, 1.807) is 19.2 Å². The number of hydrogen-bond acceptors (Lipinski definition) is 4. The summed E-state index contributed by atoms with van der Waals surface area (Å²) in [5.41, 5.74) is 4.16. The van der Waals surface area contributed by atoms with E-state index >= 15 is 0 Å². The molecule has 17 heavy (non-hydrogen) atoms. The van der Waals surface area contributed by atoms with Gasteiger partial charge in [0.25, 0.3) is 0 Å². The second-order valence-electron chi connectivity index (χ2n) is 4.68. The van der Waals surface area contributed by atoms with E-state index in [4.69, 9.17) is 14.8 Å². The Balaban J connectivity index is 2.65. The summed E-state index contributed by atoms with van der Waals surface area (Å²) in [6, 6.07) is 7.58. The maximum atomic E-state index is 8.95. The molecule has 0 unspecified atom stereocenters. The number of ether oxygens (including phenoxy) is 1. The highest BCUT2D eigenvalue weighted by Crippen LogP contribution is 2.18. The largest absolute Gasteiger partial charge is 0.495 e. The summed E-state index contributed by atoms with van der Waals surface area (Å²) >= 11 is 0. The van der Waals surface area contributed by atoms with Gasteiger partial charge in [0.1, 0.15) is 11.8 Å². The van der Waals surface area contributed by atoms with E-state index in [9.17, 15) is 0 Å². The van der Waals surface area contributed by atoms with E-state index in [1.165, 1.54) is 0 Å². The number of rotatable bonds is 4. The fourth-order valence-corrected chi connectivity index (χ4v) is 1.29. The SMILES string of the molecule is COc1ccc(CNOC(C)(C)C)cc1C#N. The van der Waals surface area contributed by atoms with Gasteiger partial charge < -0.3 is 4.74 Å². The first kappa shape index (κ1) is 13.5. The number of nitrogens with zero attached hydrogens (tertiary/aromatic N) is 1. The molecular weight excluding hydrogens is 216 g/mol. The summed E-state index contributed by atoms with van der Waals surface area (Å²) in [4.78, 5) is 5.40. The molecule has 0 aliphatic rings. The molecule has 0 spiro atoms. The number of benzene rings is 1. The fraction of sp³-hybridized carbons (Fsp3) is 0.462. The molecule has 0 fully saturated rings. The van der Waals surface area contributed by atoms with Gasteiger partial charge in [-0.15, -0.1) is 0 Å². The molecule has 92 valence electrons. The molecule has 1 aromatic rings. The molecule has 0 heterocycles. The Morgan fingerprint density at radius 2 is 2.06 bits per heavy atom. The topological polar surface area (TPSA) is 54.3 Å². The molecule has 0 amide bonds. The minimum atomic E-state index is -0.232. The predicted octanol–water partition coefficient (Wildman–Crippen LogP) is 2.39. The van der Waals surface area contributed by atoms with E-state index in [2.05, 4.69) is 11.5 Å². The number of hydrogen-bond donors (Lipinski definition) is 1. The zero-order valence-corrected chi connectivity index (χ0v) is 10.7. The summed E-state index contributed by atoms with van der Waals surface area (Å²) in [6.07, 6.45) is 0. The molecule has 1 N–H and O–H groups in total. The van der Waals surface area contributed by atoms with Crippen LogP contribution in [0.2, 0.25) is 0 Å². The number of nitriles is 1. The third kappa shape index (κ3) is 4.43. The fourth-order valence-electron chi connectivity index (χ4n) is 1.29. The first-order chi connectivity index (χ1) is 7.96. The lowest BCUT2D eigenvalue weighted by molar-refractivity contribution is -0.0757. The van der Waals surface area contributed by atoms with E-state index in [0.717, 1.165) is 5.56 Å². The number of methoxy groups -OCH3 is 1. The smallest absolute Gasteiger partial charge is 0.136 e. The van der Waals surface area contributed by atoms with Crippen LogP contribution in [0, 0.1) is 11.3 Å². The Bertz CT molecular complexity index is 416. The Morgan fingerprint density at radius 1 is 1.35 bits per heavy atom. The summed E-state index contributed by atoms with van der Waals surface area (Å²) in [5.74, 6) is 0.591. The van der Waals surface area contributed by atoms with Crippen LogP contribution in [0.3, 0.4) is 0 Å². The van der Waals surface area contributed by atoms with Crippen LogP contribution in [0.25, 0.3) is 0 Å². The normalized spacial score (nSPS) is 11.0. The van der Waals surface area contributed by atoms with Crippen molar-refractivity contribution in [1.29, 1.82) is 5.26 Å².